The maximum absolute atomic E-state index is 13.0. The highest BCUT2D eigenvalue weighted by Crippen LogP contribution is 2.30. The zero-order valence-corrected chi connectivity index (χ0v) is 16.9. The lowest BCUT2D eigenvalue weighted by atomic mass is 9.94. The minimum atomic E-state index is -0.0146. The van der Waals surface area contributed by atoms with Gasteiger partial charge in [-0.1, -0.05) is 39.0 Å². The van der Waals surface area contributed by atoms with Crippen LogP contribution < -0.4 is 5.56 Å². The molecule has 0 N–H and O–H groups in total. The summed E-state index contributed by atoms with van der Waals surface area (Å²) in [6.45, 7) is 4.73. The molecule has 0 radical (unpaired) electrons. The normalized spacial score (nSPS) is 15.5. The smallest absolute Gasteiger partial charge is 0.264 e. The van der Waals surface area contributed by atoms with E-state index in [1.54, 1.807) is 10.9 Å². The van der Waals surface area contributed by atoms with Gasteiger partial charge in [-0.15, -0.1) is 11.3 Å². The van der Waals surface area contributed by atoms with Crippen molar-refractivity contribution < 1.29 is 4.79 Å². The van der Waals surface area contributed by atoms with Gasteiger partial charge < -0.3 is 4.90 Å². The number of aryl methyl sites for hydroxylation is 2. The Labute approximate surface area is 159 Å². The number of aromatic nitrogens is 2. The maximum atomic E-state index is 13.0. The number of nitrogens with zero attached hydrogens (tertiary/aromatic N) is 3. The summed E-state index contributed by atoms with van der Waals surface area (Å²) in [5.74, 6) is 0.0364. The predicted octanol–water partition coefficient (Wildman–Crippen LogP) is 4.36. The SMILES string of the molecule is CCCCCn1cnc2sc(C(=O)N(C)C3CCCCC3)c(C)c2c1=O. The number of unbranched alkanes of at least 4 members (excludes halogenated alkanes) is 2. The monoisotopic (exact) mass is 375 g/mol. The molecule has 1 saturated carbocycles. The van der Waals surface area contributed by atoms with Crippen LogP contribution >= 0.6 is 11.3 Å². The van der Waals surface area contributed by atoms with E-state index >= 15 is 0 Å². The summed E-state index contributed by atoms with van der Waals surface area (Å²) in [5.41, 5.74) is 0.777. The number of fused-ring (bicyclic) bond motifs is 1. The summed E-state index contributed by atoms with van der Waals surface area (Å²) in [6, 6.07) is 0.319. The quantitative estimate of drug-likeness (QED) is 0.705. The fourth-order valence-corrected chi connectivity index (χ4v) is 4.97. The van der Waals surface area contributed by atoms with Gasteiger partial charge in [0, 0.05) is 19.6 Å². The Balaban J connectivity index is 1.89. The third kappa shape index (κ3) is 3.70. The minimum absolute atomic E-state index is 0.0146. The Morgan fingerprint density at radius 2 is 2.04 bits per heavy atom. The third-order valence-electron chi connectivity index (χ3n) is 5.56. The number of thiophene rings is 1. The summed E-state index contributed by atoms with van der Waals surface area (Å²) >= 11 is 1.36. The standard InChI is InChI=1S/C20H29N3O2S/c1-4-5-9-12-23-13-21-18-16(19(23)24)14(2)17(26-18)20(25)22(3)15-10-7-6-8-11-15/h13,15H,4-12H2,1-3H3. The zero-order chi connectivity index (χ0) is 18.7. The van der Waals surface area contributed by atoms with Crippen molar-refractivity contribution in [1.29, 1.82) is 0 Å². The summed E-state index contributed by atoms with van der Waals surface area (Å²) in [7, 11) is 1.90. The molecule has 2 heterocycles. The highest BCUT2D eigenvalue weighted by molar-refractivity contribution is 7.20. The van der Waals surface area contributed by atoms with E-state index in [1.165, 1.54) is 30.6 Å². The van der Waals surface area contributed by atoms with Crippen LogP contribution in [0.1, 0.15) is 73.5 Å². The van der Waals surface area contributed by atoms with E-state index < -0.39 is 0 Å². The summed E-state index contributed by atoms with van der Waals surface area (Å²) in [5, 5.41) is 0.620. The number of hydrogen-bond donors (Lipinski definition) is 0. The molecule has 3 rings (SSSR count). The van der Waals surface area contributed by atoms with Gasteiger partial charge in [0.25, 0.3) is 11.5 Å². The van der Waals surface area contributed by atoms with Crippen LogP contribution in [0.4, 0.5) is 0 Å². The molecular formula is C20H29N3O2S. The van der Waals surface area contributed by atoms with Gasteiger partial charge in [-0.3, -0.25) is 14.2 Å². The van der Waals surface area contributed by atoms with Gasteiger partial charge in [-0.25, -0.2) is 4.98 Å². The second-order valence-electron chi connectivity index (χ2n) is 7.39. The van der Waals surface area contributed by atoms with Gasteiger partial charge in [-0.05, 0) is 31.7 Å². The Morgan fingerprint density at radius 1 is 1.31 bits per heavy atom. The molecule has 1 fully saturated rings. The molecule has 0 unspecified atom stereocenters. The molecule has 2 aromatic rings. The minimum Gasteiger partial charge on any atom is -0.338 e. The topological polar surface area (TPSA) is 55.2 Å². The van der Waals surface area contributed by atoms with E-state index in [0.29, 0.717) is 27.7 Å². The highest BCUT2D eigenvalue weighted by Gasteiger charge is 2.27. The average Bonchev–Trinajstić information content (AvgIpc) is 3.00. The molecule has 0 aliphatic heterocycles. The van der Waals surface area contributed by atoms with Gasteiger partial charge in [0.05, 0.1) is 16.6 Å². The molecule has 142 valence electrons. The van der Waals surface area contributed by atoms with Crippen LogP contribution in [0.3, 0.4) is 0 Å². The van der Waals surface area contributed by atoms with E-state index in [2.05, 4.69) is 11.9 Å². The first-order chi connectivity index (χ1) is 12.5. The van der Waals surface area contributed by atoms with E-state index in [-0.39, 0.29) is 11.5 Å². The van der Waals surface area contributed by atoms with E-state index in [4.69, 9.17) is 0 Å². The molecule has 0 bridgehead atoms. The fourth-order valence-electron chi connectivity index (χ4n) is 3.85. The van der Waals surface area contributed by atoms with Crippen molar-refractivity contribution in [3.8, 4) is 0 Å². The number of rotatable bonds is 6. The average molecular weight is 376 g/mol. The molecule has 5 nitrogen and oxygen atoms in total. The van der Waals surface area contributed by atoms with Crippen LogP contribution in [-0.4, -0.2) is 33.4 Å². The first-order valence-corrected chi connectivity index (χ1v) is 10.6. The molecule has 1 amide bonds. The summed E-state index contributed by atoms with van der Waals surface area (Å²) in [6.07, 6.45) is 10.6. The molecule has 6 heteroatoms. The Morgan fingerprint density at radius 3 is 2.73 bits per heavy atom. The first-order valence-electron chi connectivity index (χ1n) is 9.80. The number of carbonyl (C=O) groups is 1. The van der Waals surface area contributed by atoms with E-state index in [1.807, 2.05) is 18.9 Å². The van der Waals surface area contributed by atoms with E-state index in [9.17, 15) is 9.59 Å². The first kappa shape index (κ1) is 19.1. The van der Waals surface area contributed by atoms with Crippen LogP contribution in [0.25, 0.3) is 10.2 Å². The van der Waals surface area contributed by atoms with Crippen LogP contribution in [0, 0.1) is 6.92 Å². The molecule has 0 spiro atoms. The molecule has 0 aromatic carbocycles. The molecular weight excluding hydrogens is 346 g/mol. The number of hydrogen-bond acceptors (Lipinski definition) is 4. The molecule has 26 heavy (non-hydrogen) atoms. The van der Waals surface area contributed by atoms with Crippen molar-refractivity contribution >= 4 is 27.5 Å². The van der Waals surface area contributed by atoms with E-state index in [0.717, 1.165) is 37.7 Å². The lowest BCUT2D eigenvalue weighted by molar-refractivity contribution is 0.0700. The van der Waals surface area contributed by atoms with Gasteiger partial charge >= 0.3 is 0 Å². The molecule has 2 aromatic heterocycles. The zero-order valence-electron chi connectivity index (χ0n) is 16.1. The second kappa shape index (κ2) is 8.33. The van der Waals surface area contributed by atoms with Crippen LogP contribution in [0.2, 0.25) is 0 Å². The third-order valence-corrected chi connectivity index (χ3v) is 6.74. The fraction of sp³-hybridized carbons (Fsp3) is 0.650. The molecule has 1 aliphatic rings. The van der Waals surface area contributed by atoms with Crippen LogP contribution in [0.15, 0.2) is 11.1 Å². The van der Waals surface area contributed by atoms with Crippen molar-refractivity contribution in [3.05, 3.63) is 27.1 Å². The van der Waals surface area contributed by atoms with Gasteiger partial charge in [0.1, 0.15) is 4.83 Å². The van der Waals surface area contributed by atoms with Crippen molar-refractivity contribution in [1.82, 2.24) is 14.5 Å². The van der Waals surface area contributed by atoms with Crippen LogP contribution in [-0.2, 0) is 6.54 Å². The molecule has 1 aliphatic carbocycles. The summed E-state index contributed by atoms with van der Waals surface area (Å²) in [4.78, 5) is 33.6. The largest absolute Gasteiger partial charge is 0.338 e. The number of carbonyl (C=O) groups excluding carboxylic acids is 1. The van der Waals surface area contributed by atoms with Gasteiger partial charge in [0.2, 0.25) is 0 Å². The summed E-state index contributed by atoms with van der Waals surface area (Å²) < 4.78 is 1.69. The Bertz CT molecular complexity index is 833. The second-order valence-corrected chi connectivity index (χ2v) is 8.39. The highest BCUT2D eigenvalue weighted by atomic mass is 32.1. The van der Waals surface area contributed by atoms with Gasteiger partial charge in [0.15, 0.2) is 0 Å². The Kier molecular flexibility index (Phi) is 6.12. The maximum Gasteiger partial charge on any atom is 0.264 e. The van der Waals surface area contributed by atoms with Crippen molar-refractivity contribution in [2.45, 2.75) is 77.8 Å². The van der Waals surface area contributed by atoms with Crippen LogP contribution in [0.5, 0.6) is 0 Å². The Hall–Kier alpha value is -1.69. The molecule has 0 saturated heterocycles. The van der Waals surface area contributed by atoms with Gasteiger partial charge in [-0.2, -0.15) is 0 Å². The lowest BCUT2D eigenvalue weighted by Crippen LogP contribution is -2.38. The predicted molar refractivity (Wildman–Crippen MR) is 107 cm³/mol. The molecule has 0 atom stereocenters. The van der Waals surface area contributed by atoms with Crippen molar-refractivity contribution in [2.24, 2.45) is 0 Å². The van der Waals surface area contributed by atoms with Crippen molar-refractivity contribution in [2.75, 3.05) is 7.05 Å². The van der Waals surface area contributed by atoms with Crippen molar-refractivity contribution in [3.63, 3.8) is 0 Å². The lowest BCUT2D eigenvalue weighted by Gasteiger charge is -2.31. The number of amides is 1.